The summed E-state index contributed by atoms with van der Waals surface area (Å²) in [5.74, 6) is 0. The summed E-state index contributed by atoms with van der Waals surface area (Å²) >= 11 is 0. The number of hydrogen-bond acceptors (Lipinski definition) is 3. The highest BCUT2D eigenvalue weighted by molar-refractivity contribution is 5.91. The van der Waals surface area contributed by atoms with E-state index in [1.165, 1.54) is 65.1 Å². The fraction of sp³-hybridized carbons (Fsp3) is 0.300. The summed E-state index contributed by atoms with van der Waals surface area (Å²) in [4.78, 5) is 4.78. The minimum atomic E-state index is 0.542. The van der Waals surface area contributed by atoms with Gasteiger partial charge in [0.2, 0.25) is 0 Å². The highest BCUT2D eigenvalue weighted by Crippen LogP contribution is 2.40. The minimum Gasteiger partial charge on any atom is -0.360 e. The second kappa shape index (κ2) is 8.31. The monoisotopic (exact) mass is 433 g/mol. The van der Waals surface area contributed by atoms with E-state index in [4.69, 9.17) is 4.98 Å². The predicted octanol–water partition coefficient (Wildman–Crippen LogP) is 4.36. The molecule has 166 valence electrons. The smallest absolute Gasteiger partial charge is 0.0870 e. The Morgan fingerprint density at radius 2 is 1.94 bits per heavy atom. The molecule has 3 nitrogen and oxygen atoms in total. The summed E-state index contributed by atoms with van der Waals surface area (Å²) < 4.78 is 0. The fourth-order valence-corrected chi connectivity index (χ4v) is 5.52. The molecule has 3 heteroatoms. The third kappa shape index (κ3) is 3.91. The van der Waals surface area contributed by atoms with Gasteiger partial charge in [-0.05, 0) is 108 Å². The Morgan fingerprint density at radius 3 is 2.73 bits per heavy atom. The van der Waals surface area contributed by atoms with E-state index in [0.29, 0.717) is 5.41 Å². The largest absolute Gasteiger partial charge is 0.360 e. The molecule has 1 aromatic heterocycles. The van der Waals surface area contributed by atoms with Gasteiger partial charge in [-0.1, -0.05) is 42.5 Å². The van der Waals surface area contributed by atoms with E-state index in [9.17, 15) is 0 Å². The van der Waals surface area contributed by atoms with Crippen molar-refractivity contribution in [2.75, 3.05) is 13.1 Å². The number of fused-ring (bicyclic) bond motifs is 1. The normalized spacial score (nSPS) is 21.0. The van der Waals surface area contributed by atoms with Gasteiger partial charge in [0.05, 0.1) is 11.4 Å². The number of nitrogens with one attached hydrogen (secondary N) is 2. The zero-order valence-electron chi connectivity index (χ0n) is 19.3. The molecule has 2 aliphatic carbocycles. The van der Waals surface area contributed by atoms with Crippen LogP contribution in [0.3, 0.4) is 0 Å². The van der Waals surface area contributed by atoms with Crippen molar-refractivity contribution in [3.05, 3.63) is 99.4 Å². The number of allylic oxidation sites excluding steroid dienone is 6. The Bertz CT molecular complexity index is 1350. The number of benzene rings is 1. The third-order valence-electron chi connectivity index (χ3n) is 7.61. The van der Waals surface area contributed by atoms with Crippen molar-refractivity contribution in [3.8, 4) is 0 Å². The molecule has 1 fully saturated rings. The van der Waals surface area contributed by atoms with Gasteiger partial charge in [-0.15, -0.1) is 0 Å². The molecule has 1 saturated heterocycles. The zero-order valence-corrected chi connectivity index (χ0v) is 19.3. The lowest BCUT2D eigenvalue weighted by Crippen LogP contribution is -2.53. The van der Waals surface area contributed by atoms with Gasteiger partial charge in [0.1, 0.15) is 0 Å². The lowest BCUT2D eigenvalue weighted by molar-refractivity contribution is 0.149. The van der Waals surface area contributed by atoms with Gasteiger partial charge in [-0.3, -0.25) is 4.98 Å². The van der Waals surface area contributed by atoms with Crippen LogP contribution in [0.2, 0.25) is 0 Å². The van der Waals surface area contributed by atoms with Crippen LogP contribution >= 0.6 is 0 Å². The number of rotatable bonds is 3. The number of aryl methyl sites for hydroxylation is 1. The van der Waals surface area contributed by atoms with Crippen LogP contribution in [0.4, 0.5) is 0 Å². The fourth-order valence-electron chi connectivity index (χ4n) is 5.52. The van der Waals surface area contributed by atoms with Crippen molar-refractivity contribution >= 4 is 23.4 Å². The van der Waals surface area contributed by atoms with Crippen LogP contribution in [0.5, 0.6) is 0 Å². The van der Waals surface area contributed by atoms with Crippen LogP contribution in [-0.2, 0) is 0 Å². The van der Waals surface area contributed by atoms with E-state index in [2.05, 4.69) is 71.3 Å². The maximum absolute atomic E-state index is 4.78. The van der Waals surface area contributed by atoms with Gasteiger partial charge < -0.3 is 10.6 Å². The summed E-state index contributed by atoms with van der Waals surface area (Å²) in [6.45, 7) is 4.43. The molecule has 2 aliphatic heterocycles. The first kappa shape index (κ1) is 20.4. The summed E-state index contributed by atoms with van der Waals surface area (Å²) in [6, 6.07) is 13.2. The van der Waals surface area contributed by atoms with Crippen LogP contribution in [0.1, 0.15) is 49.1 Å². The van der Waals surface area contributed by atoms with Gasteiger partial charge >= 0.3 is 0 Å². The van der Waals surface area contributed by atoms with Crippen molar-refractivity contribution in [1.82, 2.24) is 15.6 Å². The quantitative estimate of drug-likeness (QED) is 0.755. The molecule has 1 aromatic carbocycles. The first-order chi connectivity index (χ1) is 16.2. The lowest BCUT2D eigenvalue weighted by atomic mass is 9.70. The molecule has 6 rings (SSSR count). The molecule has 0 unspecified atom stereocenters. The van der Waals surface area contributed by atoms with Crippen LogP contribution < -0.4 is 21.1 Å². The Hall–Kier alpha value is -3.17. The number of nitrogens with zero attached hydrogens (tertiary/aromatic N) is 1. The maximum atomic E-state index is 4.78. The maximum Gasteiger partial charge on any atom is 0.0870 e. The van der Waals surface area contributed by atoms with Crippen LogP contribution in [0.25, 0.3) is 23.4 Å². The van der Waals surface area contributed by atoms with Crippen LogP contribution in [-0.4, -0.2) is 18.1 Å². The van der Waals surface area contributed by atoms with E-state index < -0.39 is 0 Å². The molecule has 4 aliphatic rings. The number of dihydropyridines is 1. The lowest BCUT2D eigenvalue weighted by Gasteiger charge is -2.45. The highest BCUT2D eigenvalue weighted by Gasteiger charge is 2.37. The van der Waals surface area contributed by atoms with E-state index in [0.717, 1.165) is 29.9 Å². The van der Waals surface area contributed by atoms with E-state index in [-0.39, 0.29) is 0 Å². The average Bonchev–Trinajstić information content (AvgIpc) is 3.05. The Balaban J connectivity index is 1.39. The molecule has 0 bridgehead atoms. The van der Waals surface area contributed by atoms with Crippen molar-refractivity contribution in [2.24, 2.45) is 5.41 Å². The van der Waals surface area contributed by atoms with Gasteiger partial charge in [0.25, 0.3) is 0 Å². The molecule has 3 heterocycles. The minimum absolute atomic E-state index is 0.542. The summed E-state index contributed by atoms with van der Waals surface area (Å²) in [5, 5.41) is 9.60. The second-order valence-corrected chi connectivity index (χ2v) is 9.89. The van der Waals surface area contributed by atoms with Gasteiger partial charge in [0, 0.05) is 18.8 Å². The molecule has 0 radical (unpaired) electrons. The number of aromatic nitrogens is 1. The Kier molecular flexibility index (Phi) is 5.15. The molecule has 1 spiro atoms. The number of hydrogen-bond donors (Lipinski definition) is 2. The van der Waals surface area contributed by atoms with Crippen molar-refractivity contribution in [2.45, 2.75) is 39.0 Å². The van der Waals surface area contributed by atoms with Crippen LogP contribution in [0, 0.1) is 12.3 Å². The topological polar surface area (TPSA) is 37.0 Å². The molecule has 2 N–H and O–H groups in total. The van der Waals surface area contributed by atoms with E-state index >= 15 is 0 Å². The second-order valence-electron chi connectivity index (χ2n) is 9.89. The van der Waals surface area contributed by atoms with E-state index in [1.807, 2.05) is 19.2 Å². The van der Waals surface area contributed by atoms with Gasteiger partial charge in [-0.25, -0.2) is 0 Å². The standard InChI is InChI=1S/C30H31N3/c1-21-5-2-9-28(33-21)29-27(8-4-16-32-29)25-11-10-22-6-3-7-24(17-26(22)18-25)23-12-14-30(15-13-23)19-31-20-30/h2,4-7,9-12,16-18,31-32H,3,8,13-15,19-20H2,1H3. The highest BCUT2D eigenvalue weighted by atomic mass is 15.0. The van der Waals surface area contributed by atoms with Crippen molar-refractivity contribution < 1.29 is 0 Å². The molecular formula is C30H31N3. The first-order valence-electron chi connectivity index (χ1n) is 12.2. The summed E-state index contributed by atoms with van der Waals surface area (Å²) in [5.41, 5.74) is 9.22. The zero-order chi connectivity index (χ0) is 22.3. The number of pyridine rings is 1. The van der Waals surface area contributed by atoms with Gasteiger partial charge in [-0.2, -0.15) is 0 Å². The molecule has 33 heavy (non-hydrogen) atoms. The third-order valence-corrected chi connectivity index (χ3v) is 7.61. The summed E-state index contributed by atoms with van der Waals surface area (Å²) in [6.07, 6.45) is 19.6. The summed E-state index contributed by atoms with van der Waals surface area (Å²) in [7, 11) is 0. The first-order valence-corrected chi connectivity index (χ1v) is 12.2. The van der Waals surface area contributed by atoms with Gasteiger partial charge in [0.15, 0.2) is 0 Å². The average molecular weight is 434 g/mol. The Labute approximate surface area is 196 Å². The van der Waals surface area contributed by atoms with Crippen molar-refractivity contribution in [3.63, 3.8) is 0 Å². The SMILES string of the molecule is Cc1cccc(C2=C(c3ccc4c(c3)=CC(C3=CCC5(CC3)CNC5)=CCC=4)CC=CN2)n1. The van der Waals surface area contributed by atoms with Crippen molar-refractivity contribution in [1.29, 1.82) is 0 Å². The molecule has 0 amide bonds. The molecule has 0 saturated carbocycles. The van der Waals surface area contributed by atoms with E-state index in [1.54, 1.807) is 0 Å². The predicted molar refractivity (Wildman–Crippen MR) is 137 cm³/mol. The molecule has 0 atom stereocenters. The van der Waals surface area contributed by atoms with Crippen LogP contribution in [0.15, 0.2) is 72.0 Å². The molecule has 2 aromatic rings. The molecular weight excluding hydrogens is 402 g/mol. The Morgan fingerprint density at radius 1 is 1.00 bits per heavy atom.